The number of aliphatic imine (C=N–C) groups is 1. The normalized spacial score (nSPS) is 11.6. The van der Waals surface area contributed by atoms with E-state index in [2.05, 4.69) is 20.7 Å². The Hall–Kier alpha value is -2.44. The van der Waals surface area contributed by atoms with Gasteiger partial charge in [-0.25, -0.2) is 13.8 Å². The Morgan fingerprint density at radius 3 is 2.83 bits per heavy atom. The van der Waals surface area contributed by atoms with Gasteiger partial charge in [0.05, 0.1) is 12.7 Å². The summed E-state index contributed by atoms with van der Waals surface area (Å²) < 4.78 is 28.5. The van der Waals surface area contributed by atoms with Gasteiger partial charge < -0.3 is 10.6 Å². The Balaban J connectivity index is 1.92. The Labute approximate surface area is 134 Å². The summed E-state index contributed by atoms with van der Waals surface area (Å²) >= 11 is 0. The fourth-order valence-corrected chi connectivity index (χ4v) is 2.10. The van der Waals surface area contributed by atoms with E-state index in [0.29, 0.717) is 19.0 Å². The number of aryl methyl sites for hydroxylation is 1. The molecule has 0 radical (unpaired) electrons. The van der Waals surface area contributed by atoms with Crippen LogP contribution in [0.15, 0.2) is 35.6 Å². The van der Waals surface area contributed by atoms with Gasteiger partial charge in [0.25, 0.3) is 0 Å². The van der Waals surface area contributed by atoms with Crippen molar-refractivity contribution in [3.05, 3.63) is 53.4 Å². The van der Waals surface area contributed by atoms with Crippen LogP contribution in [0.3, 0.4) is 0 Å². The van der Waals surface area contributed by atoms with Crippen molar-refractivity contribution in [2.45, 2.75) is 19.9 Å². The van der Waals surface area contributed by atoms with Crippen molar-refractivity contribution in [1.29, 1.82) is 0 Å². The molecular formula is C16H21F2N5. The highest BCUT2D eigenvalue weighted by molar-refractivity contribution is 5.79. The highest BCUT2D eigenvalue weighted by Gasteiger charge is 2.04. The lowest BCUT2D eigenvalue weighted by molar-refractivity contribution is 0.585. The maximum Gasteiger partial charge on any atom is 0.191 e. The van der Waals surface area contributed by atoms with Crippen molar-refractivity contribution in [2.75, 3.05) is 13.1 Å². The van der Waals surface area contributed by atoms with E-state index in [9.17, 15) is 8.78 Å². The smallest absolute Gasteiger partial charge is 0.191 e. The van der Waals surface area contributed by atoms with Crippen molar-refractivity contribution in [3.8, 4) is 0 Å². The standard InChI is InChI=1S/C16H21F2N5/c1-3-19-16(20-7-6-12-9-22-23(2)11-12)21-10-13-8-14(17)4-5-15(13)18/h4-5,8-9,11H,3,6-7,10H2,1-2H3,(H2,19,20,21). The number of guanidine groups is 1. The van der Waals surface area contributed by atoms with Crippen LogP contribution in [0, 0.1) is 11.6 Å². The Morgan fingerprint density at radius 2 is 2.13 bits per heavy atom. The van der Waals surface area contributed by atoms with E-state index >= 15 is 0 Å². The fraction of sp³-hybridized carbons (Fsp3) is 0.375. The van der Waals surface area contributed by atoms with Gasteiger partial charge in [-0.1, -0.05) is 0 Å². The molecule has 0 bridgehead atoms. The predicted octanol–water partition coefficient (Wildman–Crippen LogP) is 2.00. The minimum absolute atomic E-state index is 0.0752. The van der Waals surface area contributed by atoms with E-state index in [-0.39, 0.29) is 12.1 Å². The Bertz CT molecular complexity index is 666. The molecule has 23 heavy (non-hydrogen) atoms. The molecule has 0 atom stereocenters. The average Bonchev–Trinajstić information content (AvgIpc) is 2.93. The van der Waals surface area contributed by atoms with Crippen LogP contribution in [0.1, 0.15) is 18.1 Å². The number of nitrogens with one attached hydrogen (secondary N) is 2. The summed E-state index contributed by atoms with van der Waals surface area (Å²) in [6.45, 7) is 3.38. The lowest BCUT2D eigenvalue weighted by Gasteiger charge is -2.11. The number of halogens is 2. The molecule has 0 aliphatic rings. The van der Waals surface area contributed by atoms with Crippen LogP contribution in [-0.4, -0.2) is 28.8 Å². The van der Waals surface area contributed by atoms with Gasteiger partial charge in [-0.05, 0) is 37.1 Å². The minimum Gasteiger partial charge on any atom is -0.357 e. The Morgan fingerprint density at radius 1 is 1.30 bits per heavy atom. The lowest BCUT2D eigenvalue weighted by Crippen LogP contribution is -2.38. The molecule has 1 aromatic heterocycles. The van der Waals surface area contributed by atoms with E-state index < -0.39 is 11.6 Å². The summed E-state index contributed by atoms with van der Waals surface area (Å²) in [6, 6.07) is 3.38. The summed E-state index contributed by atoms with van der Waals surface area (Å²) in [5.41, 5.74) is 1.35. The van der Waals surface area contributed by atoms with E-state index in [1.165, 1.54) is 0 Å². The van der Waals surface area contributed by atoms with Gasteiger partial charge in [0.2, 0.25) is 0 Å². The molecule has 124 valence electrons. The molecule has 7 heteroatoms. The molecule has 5 nitrogen and oxygen atoms in total. The first-order chi connectivity index (χ1) is 11.1. The Kier molecular flexibility index (Phi) is 6.08. The first-order valence-electron chi connectivity index (χ1n) is 7.52. The van der Waals surface area contributed by atoms with Crippen molar-refractivity contribution in [3.63, 3.8) is 0 Å². The van der Waals surface area contributed by atoms with Crippen LogP contribution in [0.25, 0.3) is 0 Å². The number of benzene rings is 1. The molecule has 1 aromatic carbocycles. The molecule has 0 saturated carbocycles. The molecule has 2 N–H and O–H groups in total. The van der Waals surface area contributed by atoms with Gasteiger partial charge in [0, 0.05) is 31.9 Å². The fourth-order valence-electron chi connectivity index (χ4n) is 2.10. The van der Waals surface area contributed by atoms with Gasteiger partial charge in [-0.2, -0.15) is 5.10 Å². The van der Waals surface area contributed by atoms with Crippen LogP contribution in [-0.2, 0) is 20.0 Å². The zero-order chi connectivity index (χ0) is 16.7. The zero-order valence-electron chi connectivity index (χ0n) is 13.3. The molecule has 2 rings (SSSR count). The monoisotopic (exact) mass is 321 g/mol. The topological polar surface area (TPSA) is 54.2 Å². The van der Waals surface area contributed by atoms with E-state index in [0.717, 1.165) is 30.2 Å². The maximum absolute atomic E-state index is 13.6. The lowest BCUT2D eigenvalue weighted by atomic mass is 10.2. The number of rotatable bonds is 6. The molecule has 0 aliphatic carbocycles. The van der Waals surface area contributed by atoms with Crippen LogP contribution >= 0.6 is 0 Å². The molecule has 0 aliphatic heterocycles. The van der Waals surface area contributed by atoms with E-state index in [1.807, 2.05) is 26.4 Å². The second-order valence-corrected chi connectivity index (χ2v) is 5.13. The largest absolute Gasteiger partial charge is 0.357 e. The highest BCUT2D eigenvalue weighted by atomic mass is 19.1. The van der Waals surface area contributed by atoms with Gasteiger partial charge in [0.1, 0.15) is 11.6 Å². The van der Waals surface area contributed by atoms with Crippen LogP contribution in [0.2, 0.25) is 0 Å². The van der Waals surface area contributed by atoms with Gasteiger partial charge >= 0.3 is 0 Å². The number of hydrogen-bond acceptors (Lipinski definition) is 2. The van der Waals surface area contributed by atoms with Gasteiger partial charge in [0.15, 0.2) is 5.96 Å². The molecule has 0 saturated heterocycles. The number of nitrogens with zero attached hydrogens (tertiary/aromatic N) is 3. The van der Waals surface area contributed by atoms with Crippen molar-refractivity contribution >= 4 is 5.96 Å². The highest BCUT2D eigenvalue weighted by Crippen LogP contribution is 2.10. The summed E-state index contributed by atoms with van der Waals surface area (Å²) in [6.07, 6.45) is 4.56. The van der Waals surface area contributed by atoms with Crippen molar-refractivity contribution in [2.24, 2.45) is 12.0 Å². The second kappa shape index (κ2) is 8.26. The van der Waals surface area contributed by atoms with Crippen LogP contribution < -0.4 is 10.6 Å². The molecule has 0 spiro atoms. The average molecular weight is 321 g/mol. The molecule has 0 fully saturated rings. The predicted molar refractivity (Wildman–Crippen MR) is 86.1 cm³/mol. The van der Waals surface area contributed by atoms with Crippen molar-refractivity contribution in [1.82, 2.24) is 20.4 Å². The molecule has 0 amide bonds. The maximum atomic E-state index is 13.6. The van der Waals surface area contributed by atoms with Crippen molar-refractivity contribution < 1.29 is 8.78 Å². The molecule has 0 unspecified atom stereocenters. The third-order valence-corrected chi connectivity index (χ3v) is 3.22. The van der Waals surface area contributed by atoms with Gasteiger partial charge in [-0.15, -0.1) is 0 Å². The zero-order valence-corrected chi connectivity index (χ0v) is 13.3. The molecule has 1 heterocycles. The summed E-state index contributed by atoms with van der Waals surface area (Å²) in [5.74, 6) is -0.354. The molecular weight excluding hydrogens is 300 g/mol. The second-order valence-electron chi connectivity index (χ2n) is 5.13. The number of hydrogen-bond donors (Lipinski definition) is 2. The van der Waals surface area contributed by atoms with Gasteiger partial charge in [-0.3, -0.25) is 4.68 Å². The summed E-state index contributed by atoms with van der Waals surface area (Å²) in [5, 5.41) is 10.4. The van der Waals surface area contributed by atoms with Crippen LogP contribution in [0.4, 0.5) is 8.78 Å². The third kappa shape index (κ3) is 5.36. The first-order valence-corrected chi connectivity index (χ1v) is 7.52. The first kappa shape index (κ1) is 16.9. The third-order valence-electron chi connectivity index (χ3n) is 3.22. The van der Waals surface area contributed by atoms with E-state index in [4.69, 9.17) is 0 Å². The van der Waals surface area contributed by atoms with E-state index in [1.54, 1.807) is 4.68 Å². The minimum atomic E-state index is -0.467. The number of aromatic nitrogens is 2. The molecule has 2 aromatic rings. The summed E-state index contributed by atoms with van der Waals surface area (Å²) in [4.78, 5) is 4.29. The van der Waals surface area contributed by atoms with Crippen LogP contribution in [0.5, 0.6) is 0 Å². The summed E-state index contributed by atoms with van der Waals surface area (Å²) in [7, 11) is 1.87. The quantitative estimate of drug-likeness (QED) is 0.632. The SMILES string of the molecule is CCNC(=NCc1cc(F)ccc1F)NCCc1cnn(C)c1.